The first-order valence-corrected chi connectivity index (χ1v) is 4.65. The molecule has 0 aromatic carbocycles. The first kappa shape index (κ1) is 15.4. The van der Waals surface area contributed by atoms with Crippen LogP contribution in [-0.2, 0) is 17.3 Å². The van der Waals surface area contributed by atoms with E-state index in [9.17, 15) is 21.9 Å². The second-order valence-electron chi connectivity index (χ2n) is 2.43. The fourth-order valence-electron chi connectivity index (χ4n) is 0.880. The summed E-state index contributed by atoms with van der Waals surface area (Å²) in [4.78, 5) is 2.14. The van der Waals surface area contributed by atoms with Gasteiger partial charge in [-0.2, -0.15) is 13.2 Å². The average molecular weight is 247 g/mol. The van der Waals surface area contributed by atoms with E-state index in [0.29, 0.717) is 0 Å². The van der Waals surface area contributed by atoms with Gasteiger partial charge in [-0.25, -0.2) is 4.98 Å². The van der Waals surface area contributed by atoms with Crippen LogP contribution in [-0.4, -0.2) is 20.9 Å². The third-order valence-corrected chi connectivity index (χ3v) is 2.18. The molecule has 1 rings (SSSR count). The molecule has 0 saturated carbocycles. The van der Waals surface area contributed by atoms with E-state index in [1.807, 2.05) is 0 Å². The van der Waals surface area contributed by atoms with Gasteiger partial charge in [0.05, 0.1) is 12.0 Å². The molecule has 0 bridgehead atoms. The number of hydrogen-bond donors (Lipinski definition) is 0. The van der Waals surface area contributed by atoms with Crippen LogP contribution in [0.25, 0.3) is 0 Å². The maximum absolute atomic E-state index is 12.3. The van der Waals surface area contributed by atoms with Gasteiger partial charge in [-0.05, 0) is 17.1 Å². The third-order valence-electron chi connectivity index (χ3n) is 1.49. The van der Waals surface area contributed by atoms with Crippen molar-refractivity contribution in [1.82, 2.24) is 4.98 Å². The Hall–Kier alpha value is -0.553. The number of alkyl halides is 3. The maximum Gasteiger partial charge on any atom is 1.00 e. The molecule has 1 aromatic heterocycles. The van der Waals surface area contributed by atoms with Crippen molar-refractivity contribution in [2.24, 2.45) is 0 Å². The summed E-state index contributed by atoms with van der Waals surface area (Å²) in [6, 6.07) is 1.83. The van der Waals surface area contributed by atoms with E-state index in [-0.39, 0.29) is 24.7 Å². The first-order valence-electron chi connectivity index (χ1n) is 3.57. The quantitative estimate of drug-likeness (QED) is 0.464. The van der Waals surface area contributed by atoms with Gasteiger partial charge in [0.25, 0.3) is 0 Å². The number of rotatable bonds is 2. The zero-order valence-corrected chi connectivity index (χ0v) is 9.19. The average Bonchev–Trinajstić information content (AvgIpc) is 2.15. The SMILES string of the molecule is COc1ccc(S(=O)[O-])c(C(F)(F)F)n1.[Li+]. The summed E-state index contributed by atoms with van der Waals surface area (Å²) in [5, 5.41) is 0. The minimum absolute atomic E-state index is 0. The molecule has 84 valence electrons. The van der Waals surface area contributed by atoms with Crippen LogP contribution in [0.5, 0.6) is 5.88 Å². The van der Waals surface area contributed by atoms with E-state index in [1.54, 1.807) is 0 Å². The zero-order chi connectivity index (χ0) is 11.6. The van der Waals surface area contributed by atoms with Crippen LogP contribution < -0.4 is 23.6 Å². The van der Waals surface area contributed by atoms with Gasteiger partial charge >= 0.3 is 25.0 Å². The van der Waals surface area contributed by atoms with E-state index in [1.165, 1.54) is 0 Å². The Kier molecular flexibility index (Phi) is 5.48. The molecule has 0 fully saturated rings. The Morgan fingerprint density at radius 3 is 2.38 bits per heavy atom. The van der Waals surface area contributed by atoms with Crippen molar-refractivity contribution >= 4 is 11.1 Å². The van der Waals surface area contributed by atoms with Gasteiger partial charge in [0.1, 0.15) is 0 Å². The molecule has 1 heterocycles. The van der Waals surface area contributed by atoms with Crippen LogP contribution in [0.3, 0.4) is 0 Å². The number of ether oxygens (including phenoxy) is 1. The van der Waals surface area contributed by atoms with Crippen LogP contribution in [0.2, 0.25) is 0 Å². The first-order chi connectivity index (χ1) is 6.86. The van der Waals surface area contributed by atoms with Crippen molar-refractivity contribution < 1.29 is 45.5 Å². The zero-order valence-electron chi connectivity index (χ0n) is 8.37. The van der Waals surface area contributed by atoms with Crippen molar-refractivity contribution in [3.8, 4) is 5.88 Å². The Morgan fingerprint density at radius 1 is 1.44 bits per heavy atom. The summed E-state index contributed by atoms with van der Waals surface area (Å²) >= 11 is -2.99. The molecule has 0 aliphatic heterocycles. The Bertz CT molecular complexity index is 399. The van der Waals surface area contributed by atoms with Gasteiger partial charge in [-0.3, -0.25) is 4.21 Å². The molecule has 0 aliphatic rings. The fraction of sp³-hybridized carbons (Fsp3) is 0.286. The van der Waals surface area contributed by atoms with Crippen molar-refractivity contribution in [3.05, 3.63) is 17.8 Å². The van der Waals surface area contributed by atoms with Crippen LogP contribution >= 0.6 is 0 Å². The fourth-order valence-corrected chi connectivity index (χ4v) is 1.38. The summed E-state index contributed by atoms with van der Waals surface area (Å²) in [5.41, 5.74) is -1.48. The summed E-state index contributed by atoms with van der Waals surface area (Å²) < 4.78 is 62.4. The maximum atomic E-state index is 12.3. The third kappa shape index (κ3) is 3.49. The standard InChI is InChI=1S/C7H6F3NO3S.Li/c1-14-5-3-2-4(15(12)13)6(11-5)7(8,9)10;/h2-3H,1H3,(H,12,13);/q;+1/p-1. The molecule has 0 saturated heterocycles. The monoisotopic (exact) mass is 247 g/mol. The van der Waals surface area contributed by atoms with Crippen molar-refractivity contribution in [2.45, 2.75) is 11.1 Å². The largest absolute Gasteiger partial charge is 1.00 e. The van der Waals surface area contributed by atoms with Crippen LogP contribution in [0, 0.1) is 0 Å². The number of aromatic nitrogens is 1. The van der Waals surface area contributed by atoms with Gasteiger partial charge in [0.15, 0.2) is 5.69 Å². The van der Waals surface area contributed by atoms with E-state index in [0.717, 1.165) is 19.2 Å². The van der Waals surface area contributed by atoms with E-state index < -0.39 is 27.8 Å². The number of pyridine rings is 1. The van der Waals surface area contributed by atoms with Crippen LogP contribution in [0.1, 0.15) is 5.69 Å². The smallest absolute Gasteiger partial charge is 0.768 e. The Labute approximate surface area is 104 Å². The molecule has 0 spiro atoms. The van der Waals surface area contributed by atoms with Crippen molar-refractivity contribution in [2.75, 3.05) is 7.11 Å². The van der Waals surface area contributed by atoms with Crippen molar-refractivity contribution in [3.63, 3.8) is 0 Å². The topological polar surface area (TPSA) is 62.2 Å². The predicted molar refractivity (Wildman–Crippen MR) is 43.0 cm³/mol. The molecule has 1 unspecified atom stereocenters. The summed E-state index contributed by atoms with van der Waals surface area (Å²) in [6.07, 6.45) is -4.83. The number of methoxy groups -OCH3 is 1. The van der Waals surface area contributed by atoms with Gasteiger partial charge < -0.3 is 9.29 Å². The molecular weight excluding hydrogens is 242 g/mol. The van der Waals surface area contributed by atoms with Gasteiger partial charge in [0.2, 0.25) is 5.88 Å². The number of nitrogens with zero attached hydrogens (tertiary/aromatic N) is 1. The second-order valence-corrected chi connectivity index (χ2v) is 3.34. The Balaban J connectivity index is 0.00000225. The molecule has 16 heavy (non-hydrogen) atoms. The minimum atomic E-state index is -4.83. The normalized spacial score (nSPS) is 12.8. The van der Waals surface area contributed by atoms with Gasteiger partial charge in [-0.1, -0.05) is 0 Å². The molecule has 9 heteroatoms. The second kappa shape index (κ2) is 5.68. The summed E-state index contributed by atoms with van der Waals surface area (Å²) in [7, 11) is 1.14. The molecular formula is C7H5F3LiNO3S. The molecule has 1 aromatic rings. The summed E-state index contributed by atoms with van der Waals surface area (Å²) in [6.45, 7) is 0. The predicted octanol–water partition coefficient (Wildman–Crippen LogP) is -1.65. The molecule has 0 N–H and O–H groups in total. The van der Waals surface area contributed by atoms with E-state index >= 15 is 0 Å². The van der Waals surface area contributed by atoms with Crippen LogP contribution in [0.4, 0.5) is 13.2 Å². The molecule has 0 radical (unpaired) electrons. The van der Waals surface area contributed by atoms with E-state index in [2.05, 4.69) is 9.72 Å². The van der Waals surface area contributed by atoms with Gasteiger partial charge in [-0.15, -0.1) is 0 Å². The molecule has 1 atom stereocenters. The summed E-state index contributed by atoms with van der Waals surface area (Å²) in [5.74, 6) is -0.295. The van der Waals surface area contributed by atoms with E-state index in [4.69, 9.17) is 0 Å². The van der Waals surface area contributed by atoms with Crippen LogP contribution in [0.15, 0.2) is 17.0 Å². The molecule has 0 aliphatic carbocycles. The number of hydrogen-bond acceptors (Lipinski definition) is 4. The Morgan fingerprint density at radius 2 is 2.00 bits per heavy atom. The molecule has 4 nitrogen and oxygen atoms in total. The minimum Gasteiger partial charge on any atom is -0.768 e. The molecule has 0 amide bonds. The van der Waals surface area contributed by atoms with Crippen molar-refractivity contribution in [1.29, 1.82) is 0 Å². The number of halogens is 3. The van der Waals surface area contributed by atoms with Gasteiger partial charge in [0, 0.05) is 6.07 Å².